The third-order valence-corrected chi connectivity index (χ3v) is 4.19. The molecule has 5 heteroatoms. The first kappa shape index (κ1) is 17.2. The molecule has 2 aromatic rings. The van der Waals surface area contributed by atoms with E-state index in [-0.39, 0.29) is 12.0 Å². The molecule has 0 spiro atoms. The lowest BCUT2D eigenvalue weighted by atomic mass is 10.1. The molecule has 1 aliphatic heterocycles. The van der Waals surface area contributed by atoms with Crippen LogP contribution in [0.3, 0.4) is 0 Å². The number of morpholine rings is 1. The third kappa shape index (κ3) is 4.67. The quantitative estimate of drug-likeness (QED) is 0.823. The zero-order valence-corrected chi connectivity index (χ0v) is 14.2. The largest absolute Gasteiger partial charge is 0.374 e. The highest BCUT2D eigenvalue weighted by Crippen LogP contribution is 2.18. The van der Waals surface area contributed by atoms with Crippen LogP contribution >= 0.6 is 0 Å². The summed E-state index contributed by atoms with van der Waals surface area (Å²) in [5, 5.41) is 2.75. The van der Waals surface area contributed by atoms with E-state index in [2.05, 4.69) is 33.9 Å². The monoisotopic (exact) mass is 337 g/mol. The van der Waals surface area contributed by atoms with Crippen molar-refractivity contribution in [1.29, 1.82) is 0 Å². The van der Waals surface area contributed by atoms with Crippen molar-refractivity contribution in [3.8, 4) is 0 Å². The second kappa shape index (κ2) is 8.44. The summed E-state index contributed by atoms with van der Waals surface area (Å²) in [7, 11) is 0. The number of ether oxygens (including phenoxy) is 1. The number of aromatic nitrogens is 1. The van der Waals surface area contributed by atoms with Crippen molar-refractivity contribution < 1.29 is 9.53 Å². The Bertz CT molecular complexity index is 701. The number of carbonyl (C=O) groups excluding carboxylic acids is 1. The van der Waals surface area contributed by atoms with Gasteiger partial charge in [0.05, 0.1) is 18.3 Å². The minimum atomic E-state index is -0.136. The number of rotatable bonds is 6. The summed E-state index contributed by atoms with van der Waals surface area (Å²) in [6.45, 7) is 6.32. The molecule has 0 radical (unpaired) electrons. The minimum absolute atomic E-state index is 0.136. The number of benzene rings is 1. The second-order valence-corrected chi connectivity index (χ2v) is 6.03. The molecule has 1 N–H and O–H groups in total. The van der Waals surface area contributed by atoms with E-state index in [4.69, 9.17) is 4.74 Å². The van der Waals surface area contributed by atoms with E-state index in [0.29, 0.717) is 18.7 Å². The molecule has 0 saturated carbocycles. The molecule has 1 fully saturated rings. The van der Waals surface area contributed by atoms with E-state index >= 15 is 0 Å². The highest BCUT2D eigenvalue weighted by Gasteiger charge is 2.22. The first-order valence-corrected chi connectivity index (χ1v) is 8.52. The molecule has 1 aromatic heterocycles. The van der Waals surface area contributed by atoms with Gasteiger partial charge in [0.15, 0.2) is 0 Å². The Labute approximate surface area is 148 Å². The Morgan fingerprint density at radius 2 is 2.16 bits per heavy atom. The van der Waals surface area contributed by atoms with E-state index in [9.17, 15) is 4.79 Å². The van der Waals surface area contributed by atoms with Crippen LogP contribution < -0.4 is 10.2 Å². The van der Waals surface area contributed by atoms with Gasteiger partial charge in [0.25, 0.3) is 5.91 Å². The van der Waals surface area contributed by atoms with Crippen LogP contribution in [0.15, 0.2) is 61.3 Å². The van der Waals surface area contributed by atoms with Gasteiger partial charge in [-0.25, -0.2) is 4.98 Å². The molecule has 1 aromatic carbocycles. The van der Waals surface area contributed by atoms with E-state index < -0.39 is 0 Å². The number of pyridine rings is 1. The predicted molar refractivity (Wildman–Crippen MR) is 98.9 cm³/mol. The highest BCUT2D eigenvalue weighted by atomic mass is 16.5. The van der Waals surface area contributed by atoms with Gasteiger partial charge in [-0.3, -0.25) is 4.79 Å². The van der Waals surface area contributed by atoms with Crippen molar-refractivity contribution in [2.45, 2.75) is 12.5 Å². The normalized spacial score (nSPS) is 17.1. The maximum absolute atomic E-state index is 11.9. The standard InChI is InChI=1S/C20H23N3O2/c1-2-10-21-20(24)17-8-9-19(22-14-17)23-11-12-25-18(15-23)13-16-6-4-3-5-7-16/h2-9,14,18H,1,10-13,15H2,(H,21,24)/t18-/m1/s1. The van der Waals surface area contributed by atoms with Crippen LogP contribution in [0.1, 0.15) is 15.9 Å². The molecule has 5 nitrogen and oxygen atoms in total. The van der Waals surface area contributed by atoms with Crippen molar-refractivity contribution in [3.63, 3.8) is 0 Å². The lowest BCUT2D eigenvalue weighted by Gasteiger charge is -2.34. The maximum Gasteiger partial charge on any atom is 0.253 e. The molecule has 1 aliphatic rings. The lowest BCUT2D eigenvalue weighted by Crippen LogP contribution is -2.43. The number of hydrogen-bond donors (Lipinski definition) is 1. The van der Waals surface area contributed by atoms with Crippen LogP contribution in [-0.4, -0.2) is 43.2 Å². The summed E-state index contributed by atoms with van der Waals surface area (Å²) in [5.41, 5.74) is 1.83. The van der Waals surface area contributed by atoms with Crippen LogP contribution in [0, 0.1) is 0 Å². The van der Waals surface area contributed by atoms with Gasteiger partial charge in [0.2, 0.25) is 0 Å². The first-order chi connectivity index (χ1) is 12.3. The molecule has 25 heavy (non-hydrogen) atoms. The Hall–Kier alpha value is -2.66. The summed E-state index contributed by atoms with van der Waals surface area (Å²) >= 11 is 0. The number of hydrogen-bond acceptors (Lipinski definition) is 4. The van der Waals surface area contributed by atoms with Crippen LogP contribution in [0.4, 0.5) is 5.82 Å². The van der Waals surface area contributed by atoms with Crippen molar-refractivity contribution in [2.24, 2.45) is 0 Å². The number of amides is 1. The van der Waals surface area contributed by atoms with Gasteiger partial charge in [0, 0.05) is 32.3 Å². The Balaban J connectivity index is 1.61. The molecule has 0 unspecified atom stereocenters. The van der Waals surface area contributed by atoms with Gasteiger partial charge in [-0.2, -0.15) is 0 Å². The minimum Gasteiger partial charge on any atom is -0.374 e. The van der Waals surface area contributed by atoms with E-state index in [1.807, 2.05) is 30.3 Å². The van der Waals surface area contributed by atoms with Crippen molar-refractivity contribution in [1.82, 2.24) is 10.3 Å². The number of nitrogens with one attached hydrogen (secondary N) is 1. The molecular weight excluding hydrogens is 314 g/mol. The SMILES string of the molecule is C=CCNC(=O)c1ccc(N2CCO[C@H](Cc3ccccc3)C2)nc1. The van der Waals surface area contributed by atoms with Crippen LogP contribution in [-0.2, 0) is 11.2 Å². The van der Waals surface area contributed by atoms with Crippen LogP contribution in [0.25, 0.3) is 0 Å². The zero-order valence-electron chi connectivity index (χ0n) is 14.2. The van der Waals surface area contributed by atoms with Gasteiger partial charge >= 0.3 is 0 Å². The summed E-state index contributed by atoms with van der Waals surface area (Å²) in [5.74, 6) is 0.740. The fourth-order valence-electron chi connectivity index (χ4n) is 2.90. The van der Waals surface area contributed by atoms with Crippen molar-refractivity contribution >= 4 is 11.7 Å². The zero-order chi connectivity index (χ0) is 17.5. The summed E-state index contributed by atoms with van der Waals surface area (Å²) < 4.78 is 5.90. The van der Waals surface area contributed by atoms with E-state index in [1.54, 1.807) is 12.3 Å². The molecule has 1 saturated heterocycles. The van der Waals surface area contributed by atoms with E-state index in [0.717, 1.165) is 25.3 Å². The molecule has 0 bridgehead atoms. The molecule has 1 atom stereocenters. The van der Waals surface area contributed by atoms with Gasteiger partial charge in [-0.05, 0) is 17.7 Å². The number of nitrogens with zero attached hydrogens (tertiary/aromatic N) is 2. The van der Waals surface area contributed by atoms with Gasteiger partial charge < -0.3 is 15.0 Å². The van der Waals surface area contributed by atoms with E-state index in [1.165, 1.54) is 5.56 Å². The van der Waals surface area contributed by atoms with Crippen molar-refractivity contribution in [3.05, 3.63) is 72.4 Å². The topological polar surface area (TPSA) is 54.5 Å². The van der Waals surface area contributed by atoms with Gasteiger partial charge in [-0.1, -0.05) is 36.4 Å². The average Bonchev–Trinajstić information content (AvgIpc) is 2.67. The summed E-state index contributed by atoms with van der Waals surface area (Å²) in [6.07, 6.45) is 4.31. The maximum atomic E-state index is 11.9. The highest BCUT2D eigenvalue weighted by molar-refractivity contribution is 5.94. The lowest BCUT2D eigenvalue weighted by molar-refractivity contribution is 0.0408. The Morgan fingerprint density at radius 1 is 1.32 bits per heavy atom. The predicted octanol–water partition coefficient (Wildman–Crippen LogP) is 2.45. The molecule has 1 amide bonds. The fraction of sp³-hybridized carbons (Fsp3) is 0.300. The summed E-state index contributed by atoms with van der Waals surface area (Å²) in [4.78, 5) is 18.6. The molecule has 130 valence electrons. The molecule has 2 heterocycles. The summed E-state index contributed by atoms with van der Waals surface area (Å²) in [6, 6.07) is 14.1. The van der Waals surface area contributed by atoms with Crippen LogP contribution in [0.2, 0.25) is 0 Å². The first-order valence-electron chi connectivity index (χ1n) is 8.52. The fourth-order valence-corrected chi connectivity index (χ4v) is 2.90. The van der Waals surface area contributed by atoms with Crippen molar-refractivity contribution in [2.75, 3.05) is 31.1 Å². The smallest absolute Gasteiger partial charge is 0.253 e. The second-order valence-electron chi connectivity index (χ2n) is 6.03. The number of carbonyl (C=O) groups is 1. The van der Waals surface area contributed by atoms with Crippen LogP contribution in [0.5, 0.6) is 0 Å². The van der Waals surface area contributed by atoms with Gasteiger partial charge in [0.1, 0.15) is 5.82 Å². The Kier molecular flexibility index (Phi) is 5.80. The molecular formula is C20H23N3O2. The number of anilines is 1. The Morgan fingerprint density at radius 3 is 2.88 bits per heavy atom. The molecule has 3 rings (SSSR count). The molecule has 0 aliphatic carbocycles. The average molecular weight is 337 g/mol. The third-order valence-electron chi connectivity index (χ3n) is 4.19. The van der Waals surface area contributed by atoms with Gasteiger partial charge in [-0.15, -0.1) is 6.58 Å².